The van der Waals surface area contributed by atoms with Gasteiger partial charge in [0.15, 0.2) is 0 Å². The summed E-state index contributed by atoms with van der Waals surface area (Å²) in [7, 11) is 1.72. The summed E-state index contributed by atoms with van der Waals surface area (Å²) in [6.45, 7) is 4.29. The number of hydrogen-bond donors (Lipinski definition) is 2. The van der Waals surface area contributed by atoms with Crippen molar-refractivity contribution in [1.82, 2.24) is 4.90 Å². The largest absolute Gasteiger partial charge is 0.409 e. The summed E-state index contributed by atoms with van der Waals surface area (Å²) in [5.74, 6) is -0.0677. The number of aryl methyl sites for hydroxylation is 1. The van der Waals surface area contributed by atoms with Crippen LogP contribution >= 0.6 is 11.3 Å². The highest BCUT2D eigenvalue weighted by Crippen LogP contribution is 2.18. The minimum Gasteiger partial charge on any atom is -0.409 e. The number of nitrogens with zero attached hydrogens (tertiary/aromatic N) is 2. The molecule has 6 heteroatoms. The highest BCUT2D eigenvalue weighted by Gasteiger charge is 2.18. The first-order valence-electron chi connectivity index (χ1n) is 5.81. The van der Waals surface area contributed by atoms with E-state index in [1.165, 1.54) is 16.2 Å². The summed E-state index contributed by atoms with van der Waals surface area (Å²) in [6.07, 6.45) is 0.933. The van der Waals surface area contributed by atoms with E-state index in [0.717, 1.165) is 11.3 Å². The van der Waals surface area contributed by atoms with E-state index in [4.69, 9.17) is 10.9 Å². The lowest BCUT2D eigenvalue weighted by molar-refractivity contribution is 0.0791. The maximum atomic E-state index is 12.1. The van der Waals surface area contributed by atoms with Crippen LogP contribution in [0.25, 0.3) is 0 Å². The van der Waals surface area contributed by atoms with E-state index >= 15 is 0 Å². The minimum absolute atomic E-state index is 0.0303. The summed E-state index contributed by atoms with van der Waals surface area (Å²) in [5, 5.41) is 11.5. The van der Waals surface area contributed by atoms with Crippen LogP contribution in [0.4, 0.5) is 0 Å². The topological polar surface area (TPSA) is 78.9 Å². The monoisotopic (exact) mass is 269 g/mol. The smallest absolute Gasteiger partial charge is 0.263 e. The number of oxime groups is 1. The van der Waals surface area contributed by atoms with Crippen molar-refractivity contribution in [2.45, 2.75) is 20.3 Å². The third kappa shape index (κ3) is 3.46. The molecule has 0 radical (unpaired) electrons. The summed E-state index contributed by atoms with van der Waals surface area (Å²) >= 11 is 1.51. The van der Waals surface area contributed by atoms with Gasteiger partial charge in [0.2, 0.25) is 0 Å². The van der Waals surface area contributed by atoms with Gasteiger partial charge in [0, 0.05) is 24.4 Å². The average molecular weight is 269 g/mol. The third-order valence-electron chi connectivity index (χ3n) is 2.74. The number of hydrogen-bond acceptors (Lipinski definition) is 4. The van der Waals surface area contributed by atoms with E-state index in [1.54, 1.807) is 11.9 Å². The molecule has 0 aliphatic heterocycles. The highest BCUT2D eigenvalue weighted by molar-refractivity contribution is 7.14. The van der Waals surface area contributed by atoms with Gasteiger partial charge in [0.25, 0.3) is 5.91 Å². The Labute approximate surface area is 111 Å². The molecular weight excluding hydrogens is 250 g/mol. The Morgan fingerprint density at radius 1 is 1.61 bits per heavy atom. The van der Waals surface area contributed by atoms with Crippen LogP contribution in [0.2, 0.25) is 0 Å². The molecule has 1 aromatic rings. The van der Waals surface area contributed by atoms with Crippen molar-refractivity contribution in [3.8, 4) is 0 Å². The summed E-state index contributed by atoms with van der Waals surface area (Å²) in [5.41, 5.74) is 5.49. The number of carbonyl (C=O) groups is 1. The van der Waals surface area contributed by atoms with E-state index in [0.29, 0.717) is 6.54 Å². The second-order valence-corrected chi connectivity index (χ2v) is 5.40. The molecule has 5 nitrogen and oxygen atoms in total. The molecule has 1 heterocycles. The predicted molar refractivity (Wildman–Crippen MR) is 73.2 cm³/mol. The molecule has 1 atom stereocenters. The van der Waals surface area contributed by atoms with Crippen LogP contribution in [0.15, 0.2) is 17.3 Å². The average Bonchev–Trinajstić information content (AvgIpc) is 2.85. The van der Waals surface area contributed by atoms with E-state index in [2.05, 4.69) is 12.1 Å². The van der Waals surface area contributed by atoms with Crippen molar-refractivity contribution in [2.24, 2.45) is 16.8 Å². The summed E-state index contributed by atoms with van der Waals surface area (Å²) in [4.78, 5) is 15.6. The van der Waals surface area contributed by atoms with Crippen LogP contribution in [0.1, 0.15) is 28.4 Å². The number of amidine groups is 1. The zero-order valence-electron chi connectivity index (χ0n) is 10.9. The van der Waals surface area contributed by atoms with Crippen molar-refractivity contribution in [2.75, 3.05) is 13.6 Å². The SMILES string of the molecule is CCc1ccc(C(=O)N(C)CC(C)C(N)=NO)s1. The number of thiophene rings is 1. The number of amides is 1. The fraction of sp³-hybridized carbons (Fsp3) is 0.500. The molecule has 0 saturated carbocycles. The van der Waals surface area contributed by atoms with Crippen molar-refractivity contribution in [1.29, 1.82) is 0 Å². The van der Waals surface area contributed by atoms with Crippen molar-refractivity contribution < 1.29 is 10.0 Å². The molecule has 0 saturated heterocycles. The second kappa shape index (κ2) is 6.39. The molecule has 0 bridgehead atoms. The van der Waals surface area contributed by atoms with E-state index in [-0.39, 0.29) is 17.7 Å². The third-order valence-corrected chi connectivity index (χ3v) is 3.95. The van der Waals surface area contributed by atoms with Crippen LogP contribution in [0.3, 0.4) is 0 Å². The van der Waals surface area contributed by atoms with Gasteiger partial charge in [0.05, 0.1) is 4.88 Å². The van der Waals surface area contributed by atoms with Gasteiger partial charge in [-0.15, -0.1) is 11.3 Å². The molecule has 0 aliphatic carbocycles. The molecule has 100 valence electrons. The van der Waals surface area contributed by atoms with Gasteiger partial charge in [-0.25, -0.2) is 0 Å². The Kier molecular flexibility index (Phi) is 5.15. The van der Waals surface area contributed by atoms with Gasteiger partial charge in [-0.2, -0.15) is 0 Å². The molecule has 0 fully saturated rings. The molecule has 0 spiro atoms. The molecule has 1 aromatic heterocycles. The Morgan fingerprint density at radius 2 is 2.28 bits per heavy atom. The van der Waals surface area contributed by atoms with Gasteiger partial charge in [-0.3, -0.25) is 4.79 Å². The van der Waals surface area contributed by atoms with Crippen molar-refractivity contribution in [3.63, 3.8) is 0 Å². The van der Waals surface area contributed by atoms with Crippen molar-refractivity contribution >= 4 is 23.1 Å². The molecule has 18 heavy (non-hydrogen) atoms. The van der Waals surface area contributed by atoms with E-state index < -0.39 is 0 Å². The van der Waals surface area contributed by atoms with Gasteiger partial charge < -0.3 is 15.8 Å². The lowest BCUT2D eigenvalue weighted by atomic mass is 10.1. The Balaban J connectivity index is 2.66. The number of nitrogens with two attached hydrogens (primary N) is 1. The summed E-state index contributed by atoms with van der Waals surface area (Å²) < 4.78 is 0. The second-order valence-electron chi connectivity index (χ2n) is 4.23. The fourth-order valence-electron chi connectivity index (χ4n) is 1.56. The van der Waals surface area contributed by atoms with Crippen LogP contribution in [-0.4, -0.2) is 35.4 Å². The first-order chi connectivity index (χ1) is 8.49. The zero-order valence-corrected chi connectivity index (χ0v) is 11.7. The molecule has 0 aromatic carbocycles. The fourth-order valence-corrected chi connectivity index (χ4v) is 2.50. The van der Waals surface area contributed by atoms with Gasteiger partial charge >= 0.3 is 0 Å². The lowest BCUT2D eigenvalue weighted by Gasteiger charge is -2.20. The van der Waals surface area contributed by atoms with E-state index in [1.807, 2.05) is 19.1 Å². The number of carbonyl (C=O) groups excluding carboxylic acids is 1. The Hall–Kier alpha value is -1.56. The van der Waals surface area contributed by atoms with Gasteiger partial charge in [-0.05, 0) is 18.6 Å². The van der Waals surface area contributed by atoms with Gasteiger partial charge in [-0.1, -0.05) is 19.0 Å². The Morgan fingerprint density at radius 3 is 2.78 bits per heavy atom. The van der Waals surface area contributed by atoms with Crippen LogP contribution < -0.4 is 5.73 Å². The molecule has 1 amide bonds. The maximum absolute atomic E-state index is 12.1. The van der Waals surface area contributed by atoms with Gasteiger partial charge in [0.1, 0.15) is 5.84 Å². The number of rotatable bonds is 5. The first kappa shape index (κ1) is 14.5. The molecule has 0 aliphatic rings. The normalized spacial score (nSPS) is 13.4. The van der Waals surface area contributed by atoms with E-state index in [9.17, 15) is 4.79 Å². The first-order valence-corrected chi connectivity index (χ1v) is 6.62. The van der Waals surface area contributed by atoms with Crippen LogP contribution in [0, 0.1) is 5.92 Å². The lowest BCUT2D eigenvalue weighted by Crippen LogP contribution is -2.36. The van der Waals surface area contributed by atoms with Crippen LogP contribution in [0.5, 0.6) is 0 Å². The molecule has 3 N–H and O–H groups in total. The Bertz CT molecular complexity index is 442. The maximum Gasteiger partial charge on any atom is 0.263 e. The highest BCUT2D eigenvalue weighted by atomic mass is 32.1. The van der Waals surface area contributed by atoms with Crippen molar-refractivity contribution in [3.05, 3.63) is 21.9 Å². The molecule has 1 rings (SSSR count). The molecular formula is C12H19N3O2S. The predicted octanol–water partition coefficient (Wildman–Crippen LogP) is 1.76. The quantitative estimate of drug-likeness (QED) is 0.370. The standard InChI is InChI=1S/C12H19N3O2S/c1-4-9-5-6-10(18-9)12(16)15(3)7-8(2)11(13)14-17/h5-6,8,17H,4,7H2,1-3H3,(H2,13,14). The minimum atomic E-state index is -0.172. The molecule has 1 unspecified atom stereocenters. The van der Waals surface area contributed by atoms with Crippen LogP contribution in [-0.2, 0) is 6.42 Å². The summed E-state index contributed by atoms with van der Waals surface area (Å²) in [6, 6.07) is 3.81. The zero-order chi connectivity index (χ0) is 13.7.